The maximum Gasteiger partial charge on any atom is 0.260 e. The first-order valence-electron chi connectivity index (χ1n) is 24.1. The third-order valence-corrected chi connectivity index (χ3v) is 16.8. The predicted octanol–water partition coefficient (Wildman–Crippen LogP) is 17.0. The van der Waals surface area contributed by atoms with Gasteiger partial charge >= 0.3 is 0 Å². The van der Waals surface area contributed by atoms with E-state index in [1.807, 2.05) is 22.7 Å². The fourth-order valence-electron chi connectivity index (χ4n) is 11.1. The number of aryl methyl sites for hydroxylation is 2. The molecule has 334 valence electrons. The van der Waals surface area contributed by atoms with E-state index >= 15 is 0 Å². The second-order valence-electron chi connectivity index (χ2n) is 19.1. The van der Waals surface area contributed by atoms with Gasteiger partial charge in [-0.25, -0.2) is 0 Å². The lowest BCUT2D eigenvalue weighted by molar-refractivity contribution is 0.465. The first-order chi connectivity index (χ1) is 34.9. The Morgan fingerprint density at radius 3 is 1.17 bits per heavy atom. The van der Waals surface area contributed by atoms with Crippen molar-refractivity contribution in [3.8, 4) is 23.0 Å². The molecule has 0 N–H and O–H groups in total. The Balaban J connectivity index is 0.838. The maximum atomic E-state index is 6.87. The molecule has 0 spiro atoms. The van der Waals surface area contributed by atoms with E-state index in [9.17, 15) is 0 Å². The second-order valence-corrected chi connectivity index (χ2v) is 21.2. The van der Waals surface area contributed by atoms with Gasteiger partial charge in [-0.3, -0.25) is 0 Å². The molecule has 0 bridgehead atoms. The fourth-order valence-corrected chi connectivity index (χ4v) is 13.5. The third-order valence-electron chi connectivity index (χ3n) is 14.6. The Morgan fingerprint density at radius 2 is 0.718 bits per heavy atom. The van der Waals surface area contributed by atoms with Crippen molar-refractivity contribution >= 4 is 142 Å². The Kier molecular flexibility index (Phi) is 8.89. The van der Waals surface area contributed by atoms with E-state index < -0.39 is 0 Å². The summed E-state index contributed by atoms with van der Waals surface area (Å²) in [6.45, 7) is 4.23. The van der Waals surface area contributed by atoms with E-state index in [0.29, 0.717) is 0 Å². The molecule has 0 atom stereocenters. The largest absolute Gasteiger partial charge is 0.458 e. The van der Waals surface area contributed by atoms with Crippen LogP contribution < -0.4 is 35.7 Å². The normalized spacial score (nSPS) is 12.6. The Hall–Kier alpha value is -8.36. The van der Waals surface area contributed by atoms with Crippen LogP contribution in [-0.2, 0) is 0 Å². The molecule has 2 aliphatic heterocycles. The molecule has 13 aromatic rings. The van der Waals surface area contributed by atoms with Gasteiger partial charge in [-0.1, -0.05) is 90.0 Å². The summed E-state index contributed by atoms with van der Waals surface area (Å²) in [6, 6.07) is 77.6. The van der Waals surface area contributed by atoms with Gasteiger partial charge in [0.2, 0.25) is 0 Å². The number of para-hydroxylation sites is 2. The fraction of sp³-hybridized carbons (Fsp3) is 0.0312. The van der Waals surface area contributed by atoms with Gasteiger partial charge in [-0.15, -0.1) is 22.7 Å². The minimum atomic E-state index is -0.0438. The van der Waals surface area contributed by atoms with Crippen LogP contribution in [0.1, 0.15) is 11.1 Å². The molecule has 2 aromatic heterocycles. The quantitative estimate of drug-likeness (QED) is 0.155. The number of hydrogen-bond donors (Lipinski definition) is 0. The van der Waals surface area contributed by atoms with Crippen molar-refractivity contribution in [3.05, 3.63) is 223 Å². The highest BCUT2D eigenvalue weighted by Crippen LogP contribution is 2.46. The Bertz CT molecular complexity index is 4050. The SMILES string of the molecule is Cc1ccc(N(c2ccccc2)c2ccc3cc4c(cc3c2)sc2cc3c(cc24)Oc2cccc4c2B3c2cc3sc5cc6cc(N(c7ccccc7)c7ccc(C)cc7)ccc6cc5c3cc2O4)cc1. The molecule has 0 aliphatic carbocycles. The number of ether oxygens (including phenoxy) is 2. The summed E-state index contributed by atoms with van der Waals surface area (Å²) >= 11 is 3.72. The zero-order valence-corrected chi connectivity index (χ0v) is 40.4. The van der Waals surface area contributed by atoms with E-state index in [-0.39, 0.29) is 6.71 Å². The van der Waals surface area contributed by atoms with Crippen LogP contribution in [0.25, 0.3) is 61.9 Å². The highest BCUT2D eigenvalue weighted by atomic mass is 32.1. The van der Waals surface area contributed by atoms with Crippen molar-refractivity contribution in [2.45, 2.75) is 13.8 Å². The van der Waals surface area contributed by atoms with Crippen LogP contribution in [0.3, 0.4) is 0 Å². The van der Waals surface area contributed by atoms with Crippen molar-refractivity contribution in [2.75, 3.05) is 9.80 Å². The molecule has 7 heteroatoms. The number of anilines is 6. The smallest absolute Gasteiger partial charge is 0.260 e. The second kappa shape index (κ2) is 15.6. The van der Waals surface area contributed by atoms with Crippen molar-refractivity contribution in [2.24, 2.45) is 0 Å². The minimum absolute atomic E-state index is 0.0438. The van der Waals surface area contributed by atoms with Gasteiger partial charge in [0.1, 0.15) is 23.0 Å². The van der Waals surface area contributed by atoms with Gasteiger partial charge in [0.05, 0.1) is 0 Å². The topological polar surface area (TPSA) is 24.9 Å². The average molecular weight is 945 g/mol. The molecular formula is C64H41BN2O2S2. The Morgan fingerprint density at radius 1 is 0.324 bits per heavy atom. The summed E-state index contributed by atoms with van der Waals surface area (Å²) in [5.74, 6) is 3.52. The third kappa shape index (κ3) is 6.50. The summed E-state index contributed by atoms with van der Waals surface area (Å²) in [4.78, 5) is 4.68. The van der Waals surface area contributed by atoms with Crippen molar-refractivity contribution < 1.29 is 9.47 Å². The summed E-state index contributed by atoms with van der Waals surface area (Å²) in [7, 11) is 0. The highest BCUT2D eigenvalue weighted by molar-refractivity contribution is 7.26. The van der Waals surface area contributed by atoms with Crippen molar-refractivity contribution in [1.82, 2.24) is 0 Å². The molecule has 0 saturated heterocycles. The molecule has 71 heavy (non-hydrogen) atoms. The number of rotatable bonds is 6. The van der Waals surface area contributed by atoms with Gasteiger partial charge in [-0.05, 0) is 180 Å². The Labute approximate surface area is 418 Å². The highest BCUT2D eigenvalue weighted by Gasteiger charge is 2.41. The summed E-state index contributed by atoms with van der Waals surface area (Å²) < 4.78 is 18.8. The van der Waals surface area contributed by atoms with E-state index in [1.165, 1.54) is 83.9 Å². The van der Waals surface area contributed by atoms with Crippen LogP contribution in [-0.4, -0.2) is 6.71 Å². The summed E-state index contributed by atoms with van der Waals surface area (Å²) in [6.07, 6.45) is 0. The van der Waals surface area contributed by atoms with Gasteiger partial charge in [0.25, 0.3) is 6.71 Å². The predicted molar refractivity (Wildman–Crippen MR) is 304 cm³/mol. The molecule has 11 aromatic carbocycles. The number of nitrogens with zero attached hydrogens (tertiary/aromatic N) is 2. The van der Waals surface area contributed by atoms with Crippen LogP contribution in [0.2, 0.25) is 0 Å². The lowest BCUT2D eigenvalue weighted by Crippen LogP contribution is -2.57. The number of benzene rings is 11. The van der Waals surface area contributed by atoms with Crippen LogP contribution in [0.15, 0.2) is 212 Å². The lowest BCUT2D eigenvalue weighted by atomic mass is 9.35. The first-order valence-corrected chi connectivity index (χ1v) is 25.8. The molecule has 0 unspecified atom stereocenters. The van der Waals surface area contributed by atoms with E-state index in [2.05, 4.69) is 236 Å². The van der Waals surface area contributed by atoms with Crippen molar-refractivity contribution in [1.29, 1.82) is 0 Å². The number of hydrogen-bond acceptors (Lipinski definition) is 6. The van der Waals surface area contributed by atoms with Gasteiger partial charge in [-0.2, -0.15) is 0 Å². The average Bonchev–Trinajstić information content (AvgIpc) is 3.93. The standard InChI is InChI=1S/C64H41BN2O2S2/c1-38-16-22-46(23-17-38)66(44-10-5-3-6-11-44)48-26-20-40-30-50-52-34-58-54(36-62(52)70-60(50)32-42(40)28-48)65-55-37-63-53(35-59(55)69-57-15-9-14-56(68-58)64(57)65)51-31-41-21-27-49(29-43(41)33-61(51)71-63)67(45-12-7-4-8-13-45)47-24-18-39(2)19-25-47/h3-37H,1-2H3. The molecule has 0 fully saturated rings. The van der Waals surface area contributed by atoms with Gasteiger partial charge in [0, 0.05) is 79.9 Å². The molecule has 0 amide bonds. The molecule has 0 radical (unpaired) electrons. The zero-order chi connectivity index (χ0) is 46.9. The van der Waals surface area contributed by atoms with Gasteiger partial charge in [0.15, 0.2) is 0 Å². The number of fused-ring (bicyclic) bond motifs is 12. The van der Waals surface area contributed by atoms with E-state index in [0.717, 1.165) is 62.6 Å². The van der Waals surface area contributed by atoms with Gasteiger partial charge < -0.3 is 19.3 Å². The van der Waals surface area contributed by atoms with Crippen LogP contribution in [0.5, 0.6) is 23.0 Å². The maximum absolute atomic E-state index is 6.87. The van der Waals surface area contributed by atoms with Crippen molar-refractivity contribution in [3.63, 3.8) is 0 Å². The number of thiophene rings is 2. The molecule has 2 aliphatic rings. The summed E-state index contributed by atoms with van der Waals surface area (Å²) in [5, 5.41) is 9.77. The zero-order valence-electron chi connectivity index (χ0n) is 38.8. The molecule has 4 nitrogen and oxygen atoms in total. The monoisotopic (exact) mass is 944 g/mol. The van der Waals surface area contributed by atoms with E-state index in [4.69, 9.17) is 9.47 Å². The molecule has 15 rings (SSSR count). The van der Waals surface area contributed by atoms with Crippen LogP contribution in [0.4, 0.5) is 34.1 Å². The lowest BCUT2D eigenvalue weighted by Gasteiger charge is -2.33. The minimum Gasteiger partial charge on any atom is -0.458 e. The molecule has 4 heterocycles. The summed E-state index contributed by atoms with van der Waals surface area (Å²) in [5.41, 5.74) is 12.7. The van der Waals surface area contributed by atoms with E-state index in [1.54, 1.807) is 0 Å². The molecule has 0 saturated carbocycles. The van der Waals surface area contributed by atoms with Crippen LogP contribution >= 0.6 is 22.7 Å². The van der Waals surface area contributed by atoms with Crippen LogP contribution in [0, 0.1) is 13.8 Å². The first kappa shape index (κ1) is 40.5. The molecular weight excluding hydrogens is 904 g/mol.